The Balaban J connectivity index is 1.52. The maximum absolute atomic E-state index is 12.3. The molecule has 10 heteroatoms. The molecule has 0 atom stereocenters. The third-order valence-electron chi connectivity index (χ3n) is 4.09. The van der Waals surface area contributed by atoms with Gasteiger partial charge in [0.1, 0.15) is 5.76 Å². The zero-order chi connectivity index (χ0) is 21.9. The number of hydrogen-bond donors (Lipinski definition) is 2. The molecule has 3 rings (SSSR count). The summed E-state index contributed by atoms with van der Waals surface area (Å²) in [6, 6.07) is 9.75. The predicted octanol–water partition coefficient (Wildman–Crippen LogP) is 4.15. The predicted molar refractivity (Wildman–Crippen MR) is 119 cm³/mol. The van der Waals surface area contributed by atoms with Gasteiger partial charge >= 0.3 is 0 Å². The van der Waals surface area contributed by atoms with Crippen molar-refractivity contribution in [3.63, 3.8) is 0 Å². The highest BCUT2D eigenvalue weighted by Gasteiger charge is 2.19. The van der Waals surface area contributed by atoms with Gasteiger partial charge < -0.3 is 9.73 Å². The Labute approximate surface area is 184 Å². The molecule has 30 heavy (non-hydrogen) atoms. The molecule has 1 amide bonds. The van der Waals surface area contributed by atoms with E-state index in [0.29, 0.717) is 17.2 Å². The minimum Gasteiger partial charge on any atom is -0.444 e. The fourth-order valence-corrected chi connectivity index (χ4v) is 4.90. The van der Waals surface area contributed by atoms with Crippen LogP contribution in [0, 0.1) is 0 Å². The number of nitrogens with two attached hydrogens (primary N) is 1. The van der Waals surface area contributed by atoms with Crippen LogP contribution in [0.4, 0.5) is 5.00 Å². The van der Waals surface area contributed by atoms with Gasteiger partial charge in [-0.15, -0.1) is 23.1 Å². The van der Waals surface area contributed by atoms with Gasteiger partial charge in [0, 0.05) is 5.41 Å². The van der Waals surface area contributed by atoms with Crippen LogP contribution in [-0.4, -0.2) is 19.3 Å². The molecule has 0 fully saturated rings. The van der Waals surface area contributed by atoms with Gasteiger partial charge in [-0.3, -0.25) is 4.79 Å². The van der Waals surface area contributed by atoms with Crippen molar-refractivity contribution in [3.05, 3.63) is 59.8 Å². The van der Waals surface area contributed by atoms with Crippen LogP contribution >= 0.6 is 23.1 Å². The SMILES string of the molecule is CC(C)(C)c1cnc(CSc2ccc(NC(=O)Cc3ccc(S(N)(=O)=O)cc3)s2)o1. The summed E-state index contributed by atoms with van der Waals surface area (Å²) in [5.41, 5.74) is 0.624. The molecule has 0 radical (unpaired) electrons. The number of oxazole rings is 1. The van der Waals surface area contributed by atoms with Crippen LogP contribution in [0.1, 0.15) is 38.0 Å². The van der Waals surface area contributed by atoms with E-state index in [4.69, 9.17) is 9.56 Å². The van der Waals surface area contributed by atoms with Crippen molar-refractivity contribution in [2.45, 2.75) is 47.5 Å². The second kappa shape index (κ2) is 8.93. The standard InChI is InChI=1S/C20H23N3O4S3/c1-20(2,3)15-11-22-17(27-15)12-28-19-9-8-18(29-19)23-16(24)10-13-4-6-14(7-5-13)30(21,25)26/h4-9,11H,10,12H2,1-3H3,(H,23,24)(H2,21,25,26). The van der Waals surface area contributed by atoms with Crippen molar-refractivity contribution in [2.24, 2.45) is 5.14 Å². The number of anilines is 1. The monoisotopic (exact) mass is 465 g/mol. The normalized spacial score (nSPS) is 12.1. The van der Waals surface area contributed by atoms with Crippen molar-refractivity contribution in [2.75, 3.05) is 5.32 Å². The van der Waals surface area contributed by atoms with E-state index in [0.717, 1.165) is 15.0 Å². The van der Waals surface area contributed by atoms with Gasteiger partial charge in [-0.25, -0.2) is 18.5 Å². The van der Waals surface area contributed by atoms with E-state index in [1.54, 1.807) is 30.1 Å². The van der Waals surface area contributed by atoms with Gasteiger partial charge in [-0.05, 0) is 29.8 Å². The number of primary sulfonamides is 1. The lowest BCUT2D eigenvalue weighted by molar-refractivity contribution is -0.115. The number of amides is 1. The Hall–Kier alpha value is -2.14. The third-order valence-corrected chi connectivity index (χ3v) is 7.23. The average molecular weight is 466 g/mol. The maximum atomic E-state index is 12.3. The molecule has 160 valence electrons. The topological polar surface area (TPSA) is 115 Å². The van der Waals surface area contributed by atoms with Crippen LogP contribution in [0.2, 0.25) is 0 Å². The lowest BCUT2D eigenvalue weighted by Gasteiger charge is -2.12. The molecule has 0 aliphatic carbocycles. The smallest absolute Gasteiger partial charge is 0.238 e. The summed E-state index contributed by atoms with van der Waals surface area (Å²) < 4.78 is 29.4. The Bertz CT molecular complexity index is 1130. The highest BCUT2D eigenvalue weighted by Crippen LogP contribution is 2.33. The minimum absolute atomic E-state index is 0.0206. The lowest BCUT2D eigenvalue weighted by atomic mass is 9.94. The van der Waals surface area contributed by atoms with Crippen LogP contribution in [0.5, 0.6) is 0 Å². The summed E-state index contributed by atoms with van der Waals surface area (Å²) in [5, 5.41) is 8.68. The third kappa shape index (κ3) is 6.18. The van der Waals surface area contributed by atoms with Crippen LogP contribution in [0.25, 0.3) is 0 Å². The average Bonchev–Trinajstić information content (AvgIpc) is 3.28. The number of rotatable bonds is 7. The van der Waals surface area contributed by atoms with Crippen LogP contribution in [0.15, 0.2) is 56.1 Å². The molecular formula is C20H23N3O4S3. The van der Waals surface area contributed by atoms with Crippen LogP contribution in [-0.2, 0) is 32.4 Å². The van der Waals surface area contributed by atoms with E-state index in [1.807, 2.05) is 12.1 Å². The molecule has 2 aromatic heterocycles. The summed E-state index contributed by atoms with van der Waals surface area (Å²) >= 11 is 3.07. The van der Waals surface area contributed by atoms with E-state index < -0.39 is 10.0 Å². The number of thiophene rings is 1. The van der Waals surface area contributed by atoms with Gasteiger partial charge in [-0.2, -0.15) is 0 Å². The van der Waals surface area contributed by atoms with E-state index in [9.17, 15) is 13.2 Å². The first-order valence-electron chi connectivity index (χ1n) is 9.10. The largest absolute Gasteiger partial charge is 0.444 e. The van der Waals surface area contributed by atoms with E-state index in [1.165, 1.54) is 23.5 Å². The molecule has 0 aliphatic rings. The molecule has 2 heterocycles. The number of sulfonamides is 1. The minimum atomic E-state index is -3.74. The van der Waals surface area contributed by atoms with Gasteiger partial charge in [0.25, 0.3) is 0 Å². The Kier molecular flexibility index (Phi) is 6.71. The number of thioether (sulfide) groups is 1. The number of aromatic nitrogens is 1. The number of hydrogen-bond acceptors (Lipinski definition) is 7. The fraction of sp³-hybridized carbons (Fsp3) is 0.300. The molecule has 0 bridgehead atoms. The maximum Gasteiger partial charge on any atom is 0.238 e. The first-order chi connectivity index (χ1) is 14.0. The Morgan fingerprint density at radius 1 is 1.20 bits per heavy atom. The second-order valence-electron chi connectivity index (χ2n) is 7.69. The summed E-state index contributed by atoms with van der Waals surface area (Å²) in [6.07, 6.45) is 1.91. The van der Waals surface area contributed by atoms with Crippen LogP contribution < -0.4 is 10.5 Å². The molecule has 0 spiro atoms. The molecule has 0 saturated carbocycles. The molecule has 3 N–H and O–H groups in total. The van der Waals surface area contributed by atoms with Crippen LogP contribution in [0.3, 0.4) is 0 Å². The van der Waals surface area contributed by atoms with E-state index in [2.05, 4.69) is 31.1 Å². The summed E-state index contributed by atoms with van der Waals surface area (Å²) in [4.78, 5) is 16.6. The molecule has 0 aliphatic heterocycles. The van der Waals surface area contributed by atoms with Gasteiger partial charge in [0.2, 0.25) is 21.8 Å². The highest BCUT2D eigenvalue weighted by molar-refractivity contribution is 8.00. The quantitative estimate of drug-likeness (QED) is 0.506. The molecule has 7 nitrogen and oxygen atoms in total. The molecule has 0 unspecified atom stereocenters. The molecular weight excluding hydrogens is 442 g/mol. The highest BCUT2D eigenvalue weighted by atomic mass is 32.2. The van der Waals surface area contributed by atoms with E-state index >= 15 is 0 Å². The fourth-order valence-electron chi connectivity index (χ4n) is 2.49. The Morgan fingerprint density at radius 3 is 2.50 bits per heavy atom. The van der Waals surface area contributed by atoms with Crippen molar-refractivity contribution in [1.82, 2.24) is 4.98 Å². The number of nitrogens with one attached hydrogen (secondary N) is 1. The van der Waals surface area contributed by atoms with Gasteiger partial charge in [0.15, 0.2) is 0 Å². The molecule has 1 aromatic carbocycles. The lowest BCUT2D eigenvalue weighted by Crippen LogP contribution is -2.14. The first-order valence-corrected chi connectivity index (χ1v) is 12.4. The number of nitrogens with zero attached hydrogens (tertiary/aromatic N) is 1. The van der Waals surface area contributed by atoms with Crippen molar-refractivity contribution < 1.29 is 17.6 Å². The number of benzene rings is 1. The van der Waals surface area contributed by atoms with Crippen molar-refractivity contribution >= 4 is 44.0 Å². The summed E-state index contributed by atoms with van der Waals surface area (Å²) in [7, 11) is -3.74. The zero-order valence-corrected chi connectivity index (χ0v) is 19.3. The van der Waals surface area contributed by atoms with Gasteiger partial charge in [-0.1, -0.05) is 32.9 Å². The van der Waals surface area contributed by atoms with Crippen molar-refractivity contribution in [1.29, 1.82) is 0 Å². The van der Waals surface area contributed by atoms with Gasteiger partial charge in [0.05, 0.1) is 32.5 Å². The zero-order valence-electron chi connectivity index (χ0n) is 16.8. The second-order valence-corrected chi connectivity index (χ2v) is 11.6. The summed E-state index contributed by atoms with van der Waals surface area (Å²) in [6.45, 7) is 6.23. The Morgan fingerprint density at radius 2 is 1.90 bits per heavy atom. The first kappa shape index (κ1) is 22.5. The number of carbonyl (C=O) groups is 1. The molecule has 3 aromatic rings. The van der Waals surface area contributed by atoms with E-state index in [-0.39, 0.29) is 22.6 Å². The van der Waals surface area contributed by atoms with Crippen molar-refractivity contribution in [3.8, 4) is 0 Å². The summed E-state index contributed by atoms with van der Waals surface area (Å²) in [5.74, 6) is 1.96. The number of carbonyl (C=O) groups excluding carboxylic acids is 1. The molecule has 0 saturated heterocycles.